The van der Waals surface area contributed by atoms with E-state index >= 15 is 4.39 Å². The van der Waals surface area contributed by atoms with Gasteiger partial charge in [0.15, 0.2) is 18.1 Å². The van der Waals surface area contributed by atoms with E-state index in [0.29, 0.717) is 10.8 Å². The summed E-state index contributed by atoms with van der Waals surface area (Å²) < 4.78 is 47.5. The zero-order valence-corrected chi connectivity index (χ0v) is 18.1. The standard InChI is InChI=1S/C24H23F2N3O5/c25-18-11-29(23(31)20(28-18)22(27)30)24-19(26)21(33-13-16-9-5-2-6-10-16)17(34-24)14-32-12-15-7-3-1-4-8-15/h1-11,17,19,21,24H,12-14H2,(H2,27,30)/t17-,19+,21-,24-/m1/s1. The molecular weight excluding hydrogens is 448 g/mol. The SMILES string of the molecule is NC(=O)c1nc(F)cn([C@@H]2O[C@H](COCc3ccccc3)[C@@H](OCc3ccccc3)[C@@H]2F)c1=O. The lowest BCUT2D eigenvalue weighted by Crippen LogP contribution is -2.38. The van der Waals surface area contributed by atoms with E-state index in [1.54, 1.807) is 0 Å². The number of aromatic nitrogens is 2. The minimum absolute atomic E-state index is 0.0454. The lowest BCUT2D eigenvalue weighted by atomic mass is 10.1. The van der Waals surface area contributed by atoms with E-state index in [9.17, 15) is 14.0 Å². The maximum absolute atomic E-state index is 15.6. The number of hydrogen-bond donors (Lipinski definition) is 1. The van der Waals surface area contributed by atoms with Gasteiger partial charge in [0.2, 0.25) is 5.95 Å². The van der Waals surface area contributed by atoms with Crippen LogP contribution in [0.2, 0.25) is 0 Å². The maximum atomic E-state index is 15.6. The largest absolute Gasteiger partial charge is 0.374 e. The first kappa shape index (κ1) is 23.7. The zero-order chi connectivity index (χ0) is 24.1. The first-order valence-electron chi connectivity index (χ1n) is 10.6. The van der Waals surface area contributed by atoms with E-state index in [0.717, 1.165) is 11.1 Å². The van der Waals surface area contributed by atoms with Crippen LogP contribution in [-0.2, 0) is 27.4 Å². The molecule has 1 aliphatic rings. The van der Waals surface area contributed by atoms with Crippen LogP contribution < -0.4 is 11.3 Å². The summed E-state index contributed by atoms with van der Waals surface area (Å²) in [6.45, 7) is 0.295. The topological polar surface area (TPSA) is 106 Å². The summed E-state index contributed by atoms with van der Waals surface area (Å²) in [4.78, 5) is 27.3. The van der Waals surface area contributed by atoms with Gasteiger partial charge in [0.05, 0.1) is 26.0 Å². The van der Waals surface area contributed by atoms with E-state index in [-0.39, 0.29) is 19.8 Å². The lowest BCUT2D eigenvalue weighted by Gasteiger charge is -2.20. The van der Waals surface area contributed by atoms with Crippen LogP contribution in [0.25, 0.3) is 0 Å². The second-order valence-corrected chi connectivity index (χ2v) is 7.76. The molecule has 0 unspecified atom stereocenters. The molecule has 4 atom stereocenters. The van der Waals surface area contributed by atoms with Crippen molar-refractivity contribution in [2.45, 2.75) is 37.8 Å². The quantitative estimate of drug-likeness (QED) is 0.514. The highest BCUT2D eigenvalue weighted by Crippen LogP contribution is 2.34. The third-order valence-corrected chi connectivity index (χ3v) is 5.35. The van der Waals surface area contributed by atoms with Crippen LogP contribution in [0, 0.1) is 5.95 Å². The molecule has 4 rings (SSSR count). The van der Waals surface area contributed by atoms with Gasteiger partial charge < -0.3 is 19.9 Å². The molecule has 0 spiro atoms. The molecule has 0 bridgehead atoms. The molecule has 3 aromatic rings. The van der Waals surface area contributed by atoms with E-state index in [2.05, 4.69) is 4.98 Å². The average molecular weight is 471 g/mol. The molecule has 1 saturated heterocycles. The molecule has 2 aromatic carbocycles. The van der Waals surface area contributed by atoms with Crippen LogP contribution in [0.15, 0.2) is 71.7 Å². The number of nitrogens with zero attached hydrogens (tertiary/aromatic N) is 2. The number of carbonyl (C=O) groups is 1. The summed E-state index contributed by atoms with van der Waals surface area (Å²) >= 11 is 0. The number of benzene rings is 2. The molecule has 1 aromatic heterocycles. The number of rotatable bonds is 9. The average Bonchev–Trinajstić information content (AvgIpc) is 3.15. The Balaban J connectivity index is 1.55. The Morgan fingerprint density at radius 2 is 1.68 bits per heavy atom. The van der Waals surface area contributed by atoms with Crippen LogP contribution >= 0.6 is 0 Å². The second kappa shape index (κ2) is 10.6. The Morgan fingerprint density at radius 3 is 2.29 bits per heavy atom. The summed E-state index contributed by atoms with van der Waals surface area (Å²) in [6.07, 6.45) is -4.79. The fourth-order valence-electron chi connectivity index (χ4n) is 3.71. The Morgan fingerprint density at radius 1 is 1.06 bits per heavy atom. The zero-order valence-electron chi connectivity index (χ0n) is 18.1. The van der Waals surface area contributed by atoms with Crippen molar-refractivity contribution in [3.8, 4) is 0 Å². The highest BCUT2D eigenvalue weighted by atomic mass is 19.1. The molecule has 2 N–H and O–H groups in total. The number of alkyl halides is 1. The number of ether oxygens (including phenoxy) is 3. The molecule has 0 radical (unpaired) electrons. The van der Waals surface area contributed by atoms with Crippen LogP contribution in [0.1, 0.15) is 27.8 Å². The van der Waals surface area contributed by atoms with Gasteiger partial charge in [0, 0.05) is 0 Å². The van der Waals surface area contributed by atoms with E-state index in [1.165, 1.54) is 0 Å². The summed E-state index contributed by atoms with van der Waals surface area (Å²) in [7, 11) is 0. The first-order chi connectivity index (χ1) is 16.4. The number of nitrogens with two attached hydrogens (primary N) is 1. The van der Waals surface area contributed by atoms with Crippen LogP contribution in [0.5, 0.6) is 0 Å². The number of primary amides is 1. The normalized spacial score (nSPS) is 22.1. The molecule has 0 saturated carbocycles. The van der Waals surface area contributed by atoms with Gasteiger partial charge in [-0.05, 0) is 11.1 Å². The minimum atomic E-state index is -1.87. The van der Waals surface area contributed by atoms with Crippen molar-refractivity contribution < 1.29 is 27.8 Å². The first-order valence-corrected chi connectivity index (χ1v) is 10.6. The van der Waals surface area contributed by atoms with Crippen LogP contribution in [0.4, 0.5) is 8.78 Å². The van der Waals surface area contributed by atoms with Crippen molar-refractivity contribution in [3.63, 3.8) is 0 Å². The van der Waals surface area contributed by atoms with Crippen molar-refractivity contribution in [1.82, 2.24) is 9.55 Å². The fourth-order valence-corrected chi connectivity index (χ4v) is 3.71. The monoisotopic (exact) mass is 471 g/mol. The number of carbonyl (C=O) groups excluding carboxylic acids is 1. The Labute approximate surface area is 193 Å². The number of halogens is 2. The van der Waals surface area contributed by atoms with Gasteiger partial charge in [-0.15, -0.1) is 0 Å². The molecule has 1 amide bonds. The van der Waals surface area contributed by atoms with Gasteiger partial charge in [-0.3, -0.25) is 14.2 Å². The summed E-state index contributed by atoms with van der Waals surface area (Å²) in [5, 5.41) is 0. The third kappa shape index (κ3) is 5.36. The lowest BCUT2D eigenvalue weighted by molar-refractivity contribution is -0.0832. The molecule has 34 heavy (non-hydrogen) atoms. The fraction of sp³-hybridized carbons (Fsp3) is 0.292. The summed E-state index contributed by atoms with van der Waals surface area (Å²) in [5.74, 6) is -2.40. The molecule has 2 heterocycles. The number of amides is 1. The number of hydrogen-bond acceptors (Lipinski definition) is 6. The van der Waals surface area contributed by atoms with Gasteiger partial charge in [0.1, 0.15) is 12.2 Å². The molecule has 10 heteroatoms. The van der Waals surface area contributed by atoms with E-state index < -0.39 is 47.7 Å². The Kier molecular flexibility index (Phi) is 7.41. The molecule has 1 fully saturated rings. The van der Waals surface area contributed by atoms with Crippen molar-refractivity contribution >= 4 is 5.91 Å². The highest BCUT2D eigenvalue weighted by Gasteiger charge is 2.47. The Bertz CT molecular complexity index is 1180. The summed E-state index contributed by atoms with van der Waals surface area (Å²) in [6, 6.07) is 18.5. The van der Waals surface area contributed by atoms with Crippen LogP contribution in [0.3, 0.4) is 0 Å². The Hall–Kier alpha value is -3.47. The third-order valence-electron chi connectivity index (χ3n) is 5.35. The minimum Gasteiger partial charge on any atom is -0.374 e. The van der Waals surface area contributed by atoms with E-state index in [4.69, 9.17) is 19.9 Å². The van der Waals surface area contributed by atoms with Gasteiger partial charge >= 0.3 is 0 Å². The molecular formula is C24H23F2N3O5. The second-order valence-electron chi connectivity index (χ2n) is 7.76. The van der Waals surface area contributed by atoms with Crippen molar-refractivity contribution in [2.75, 3.05) is 6.61 Å². The van der Waals surface area contributed by atoms with Crippen molar-refractivity contribution in [2.24, 2.45) is 5.73 Å². The molecule has 8 nitrogen and oxygen atoms in total. The van der Waals surface area contributed by atoms with Gasteiger partial charge in [-0.2, -0.15) is 4.39 Å². The van der Waals surface area contributed by atoms with Gasteiger partial charge in [-0.25, -0.2) is 9.37 Å². The van der Waals surface area contributed by atoms with Crippen LogP contribution in [-0.4, -0.2) is 40.4 Å². The maximum Gasteiger partial charge on any atom is 0.284 e. The van der Waals surface area contributed by atoms with Gasteiger partial charge in [0.25, 0.3) is 11.5 Å². The van der Waals surface area contributed by atoms with Gasteiger partial charge in [-0.1, -0.05) is 60.7 Å². The predicted octanol–water partition coefficient (Wildman–Crippen LogP) is 2.52. The van der Waals surface area contributed by atoms with E-state index in [1.807, 2.05) is 60.7 Å². The molecule has 1 aliphatic heterocycles. The van der Waals surface area contributed by atoms with Crippen molar-refractivity contribution in [1.29, 1.82) is 0 Å². The summed E-state index contributed by atoms with van der Waals surface area (Å²) in [5.41, 5.74) is 4.93. The smallest absolute Gasteiger partial charge is 0.284 e. The predicted molar refractivity (Wildman–Crippen MR) is 117 cm³/mol. The molecule has 178 valence electrons. The molecule has 0 aliphatic carbocycles. The van der Waals surface area contributed by atoms with Crippen molar-refractivity contribution in [3.05, 3.63) is 100.0 Å². The highest BCUT2D eigenvalue weighted by molar-refractivity contribution is 5.90.